The highest BCUT2D eigenvalue weighted by atomic mass is 16.3. The number of hydrogen-bond donors (Lipinski definition) is 3. The van der Waals surface area contributed by atoms with Gasteiger partial charge in [-0.2, -0.15) is 0 Å². The lowest BCUT2D eigenvalue weighted by atomic mass is 10.0. The van der Waals surface area contributed by atoms with Crippen LogP contribution in [-0.4, -0.2) is 47.2 Å². The molecule has 0 saturated carbocycles. The number of aliphatic imine (C=N–C) groups is 1. The smallest absolute Gasteiger partial charge is 0.238 e. The molecule has 6 nitrogen and oxygen atoms in total. The molecule has 3 N–H and O–H groups in total. The Balaban J connectivity index is 1.73. The van der Waals surface area contributed by atoms with Gasteiger partial charge in [-0.15, -0.1) is 0 Å². The first kappa shape index (κ1) is 20.4. The number of anilines is 1. The van der Waals surface area contributed by atoms with Gasteiger partial charge in [0.1, 0.15) is 0 Å². The van der Waals surface area contributed by atoms with Crippen LogP contribution in [0.2, 0.25) is 0 Å². The highest BCUT2D eigenvalue weighted by Crippen LogP contribution is 2.31. The fraction of sp³-hybridized carbons (Fsp3) is 0.120. The predicted molar refractivity (Wildman–Crippen MR) is 125 cm³/mol. The zero-order chi connectivity index (χ0) is 21.8. The number of fused-ring (bicyclic) bond motifs is 1. The molecule has 0 radical (unpaired) electrons. The summed E-state index contributed by atoms with van der Waals surface area (Å²) >= 11 is 0. The summed E-state index contributed by atoms with van der Waals surface area (Å²) in [5, 5.41) is 14.4. The first-order chi connectivity index (χ1) is 15.0. The van der Waals surface area contributed by atoms with E-state index in [2.05, 4.69) is 10.3 Å². The molecule has 156 valence electrons. The Bertz CT molecular complexity index is 1230. The molecule has 1 amide bonds. The number of H-pyrrole nitrogens is 1. The molecular formula is C25H24N4O2. The van der Waals surface area contributed by atoms with Crippen molar-refractivity contribution in [2.75, 3.05) is 26.0 Å². The van der Waals surface area contributed by atoms with Crippen molar-refractivity contribution in [2.45, 2.75) is 0 Å². The molecule has 4 aromatic rings. The summed E-state index contributed by atoms with van der Waals surface area (Å²) in [6.07, 6.45) is 0. The van der Waals surface area contributed by atoms with Gasteiger partial charge in [-0.3, -0.25) is 4.79 Å². The fourth-order valence-corrected chi connectivity index (χ4v) is 3.46. The van der Waals surface area contributed by atoms with Gasteiger partial charge in [-0.25, -0.2) is 4.99 Å². The first-order valence-corrected chi connectivity index (χ1v) is 10.00. The van der Waals surface area contributed by atoms with Gasteiger partial charge in [-0.05, 0) is 44.4 Å². The molecule has 0 unspecified atom stereocenters. The maximum atomic E-state index is 12.0. The second kappa shape index (κ2) is 8.85. The van der Waals surface area contributed by atoms with Crippen LogP contribution in [0, 0.1) is 0 Å². The quantitative estimate of drug-likeness (QED) is 0.407. The van der Waals surface area contributed by atoms with E-state index in [9.17, 15) is 9.90 Å². The van der Waals surface area contributed by atoms with Gasteiger partial charge < -0.3 is 20.3 Å². The molecule has 1 aromatic heterocycles. The third-order valence-electron chi connectivity index (χ3n) is 4.82. The molecule has 0 aliphatic heterocycles. The van der Waals surface area contributed by atoms with Crippen LogP contribution in [-0.2, 0) is 4.79 Å². The lowest BCUT2D eigenvalue weighted by Gasteiger charge is -2.10. The fourth-order valence-electron chi connectivity index (χ4n) is 3.46. The summed E-state index contributed by atoms with van der Waals surface area (Å²) < 4.78 is 0. The van der Waals surface area contributed by atoms with E-state index in [0.29, 0.717) is 29.2 Å². The highest BCUT2D eigenvalue weighted by Gasteiger charge is 2.18. The number of rotatable bonds is 6. The Kier molecular flexibility index (Phi) is 5.82. The monoisotopic (exact) mass is 412 g/mol. The zero-order valence-electron chi connectivity index (χ0n) is 17.5. The van der Waals surface area contributed by atoms with Gasteiger partial charge in [-0.1, -0.05) is 48.5 Å². The summed E-state index contributed by atoms with van der Waals surface area (Å²) in [4.78, 5) is 21.7. The first-order valence-electron chi connectivity index (χ1n) is 10.00. The van der Waals surface area contributed by atoms with E-state index in [0.717, 1.165) is 16.5 Å². The van der Waals surface area contributed by atoms with Crippen LogP contribution < -0.4 is 5.32 Å². The molecule has 4 rings (SSSR count). The lowest BCUT2D eigenvalue weighted by molar-refractivity contribution is -0.116. The molecule has 0 bridgehead atoms. The normalized spacial score (nSPS) is 11.8. The minimum absolute atomic E-state index is 0.0741. The number of carbonyl (C=O) groups excluding carboxylic acids is 1. The molecular weight excluding hydrogens is 388 g/mol. The van der Waals surface area contributed by atoms with Crippen LogP contribution in [0.3, 0.4) is 0 Å². The Labute approximate surface area is 180 Å². The van der Waals surface area contributed by atoms with E-state index in [-0.39, 0.29) is 11.8 Å². The summed E-state index contributed by atoms with van der Waals surface area (Å²) in [6.45, 7) is 0.317. The summed E-state index contributed by atoms with van der Waals surface area (Å²) in [6, 6.07) is 24.9. The maximum absolute atomic E-state index is 12.0. The molecule has 0 saturated heterocycles. The van der Waals surface area contributed by atoms with Crippen molar-refractivity contribution >= 4 is 33.9 Å². The SMILES string of the molecule is CN(C)CC(=O)Nc1ccc(N=C(c2ccccc2)c2c(O)[nH]c3ccccc23)cc1. The van der Waals surface area contributed by atoms with E-state index >= 15 is 0 Å². The number of nitrogens with zero attached hydrogens (tertiary/aromatic N) is 2. The van der Waals surface area contributed by atoms with E-state index in [4.69, 9.17) is 4.99 Å². The number of carbonyl (C=O) groups is 1. The second-order valence-electron chi connectivity index (χ2n) is 7.55. The topological polar surface area (TPSA) is 80.7 Å². The standard InChI is InChI=1S/C25H24N4O2/c1-29(2)16-22(30)26-18-12-14-19(15-13-18)27-24(17-8-4-3-5-9-17)23-20-10-6-7-11-21(20)28-25(23)31/h3-15,28,31H,16H2,1-2H3,(H,26,30). The summed E-state index contributed by atoms with van der Waals surface area (Å²) in [5.41, 5.74) is 4.49. The predicted octanol–water partition coefficient (Wildman–Crippen LogP) is 4.54. The Morgan fingerprint density at radius 2 is 1.65 bits per heavy atom. The molecule has 6 heteroatoms. The van der Waals surface area contributed by atoms with E-state index in [1.165, 1.54) is 0 Å². The third-order valence-corrected chi connectivity index (χ3v) is 4.82. The number of nitrogens with one attached hydrogen (secondary N) is 2. The molecule has 0 aliphatic rings. The van der Waals surface area contributed by atoms with Gasteiger partial charge in [0, 0.05) is 22.2 Å². The number of aromatic nitrogens is 1. The number of aromatic amines is 1. The number of para-hydroxylation sites is 1. The van der Waals surface area contributed by atoms with Gasteiger partial charge in [0.25, 0.3) is 0 Å². The van der Waals surface area contributed by atoms with Crippen molar-refractivity contribution in [3.05, 3.63) is 90.0 Å². The lowest BCUT2D eigenvalue weighted by Crippen LogP contribution is -2.26. The Morgan fingerprint density at radius 1 is 0.968 bits per heavy atom. The van der Waals surface area contributed by atoms with Crippen molar-refractivity contribution in [1.82, 2.24) is 9.88 Å². The molecule has 3 aromatic carbocycles. The van der Waals surface area contributed by atoms with E-state index < -0.39 is 0 Å². The molecule has 31 heavy (non-hydrogen) atoms. The average Bonchev–Trinajstić information content (AvgIpc) is 3.09. The van der Waals surface area contributed by atoms with E-state index in [1.807, 2.05) is 97.9 Å². The number of benzene rings is 3. The second-order valence-corrected chi connectivity index (χ2v) is 7.55. The summed E-state index contributed by atoms with van der Waals surface area (Å²) in [7, 11) is 3.70. The van der Waals surface area contributed by atoms with Crippen molar-refractivity contribution in [2.24, 2.45) is 4.99 Å². The largest absolute Gasteiger partial charge is 0.494 e. The van der Waals surface area contributed by atoms with Crippen molar-refractivity contribution in [1.29, 1.82) is 0 Å². The number of hydrogen-bond acceptors (Lipinski definition) is 4. The number of amides is 1. The van der Waals surface area contributed by atoms with Gasteiger partial charge in [0.15, 0.2) is 5.88 Å². The Hall–Kier alpha value is -3.90. The molecule has 0 fully saturated rings. The van der Waals surface area contributed by atoms with Gasteiger partial charge in [0.05, 0.1) is 23.5 Å². The summed E-state index contributed by atoms with van der Waals surface area (Å²) in [5.74, 6) is 0.00585. The van der Waals surface area contributed by atoms with Crippen LogP contribution >= 0.6 is 0 Å². The van der Waals surface area contributed by atoms with E-state index in [1.54, 1.807) is 0 Å². The molecule has 0 aliphatic carbocycles. The average molecular weight is 412 g/mol. The van der Waals surface area contributed by atoms with Crippen LogP contribution in [0.1, 0.15) is 11.1 Å². The number of likely N-dealkylation sites (N-methyl/N-ethyl adjacent to an activating group) is 1. The number of aromatic hydroxyl groups is 1. The van der Waals surface area contributed by atoms with Crippen molar-refractivity contribution < 1.29 is 9.90 Å². The van der Waals surface area contributed by atoms with Crippen molar-refractivity contribution in [3.63, 3.8) is 0 Å². The minimum atomic E-state index is -0.0741. The van der Waals surface area contributed by atoms with Crippen molar-refractivity contribution in [3.8, 4) is 5.88 Å². The minimum Gasteiger partial charge on any atom is -0.494 e. The molecule has 1 heterocycles. The van der Waals surface area contributed by atoms with Crippen LogP contribution in [0.15, 0.2) is 83.9 Å². The van der Waals surface area contributed by atoms with Gasteiger partial charge >= 0.3 is 0 Å². The van der Waals surface area contributed by atoms with Crippen LogP contribution in [0.25, 0.3) is 10.9 Å². The highest BCUT2D eigenvalue weighted by molar-refractivity contribution is 6.21. The Morgan fingerprint density at radius 3 is 2.35 bits per heavy atom. The zero-order valence-corrected chi connectivity index (χ0v) is 17.5. The maximum Gasteiger partial charge on any atom is 0.238 e. The molecule has 0 spiro atoms. The molecule has 0 atom stereocenters. The third kappa shape index (κ3) is 4.65. The van der Waals surface area contributed by atoms with Crippen LogP contribution in [0.4, 0.5) is 11.4 Å². The van der Waals surface area contributed by atoms with Crippen LogP contribution in [0.5, 0.6) is 5.88 Å². The van der Waals surface area contributed by atoms with Gasteiger partial charge in [0.2, 0.25) is 5.91 Å².